The molecule has 5 nitrogen and oxygen atoms in total. The monoisotopic (exact) mass is 336 g/mol. The van der Waals surface area contributed by atoms with E-state index in [0.29, 0.717) is 29.9 Å². The fraction of sp³-hybridized carbons (Fsp3) is 0.300. The maximum absolute atomic E-state index is 12.2. The number of nitrogens with one attached hydrogen (secondary N) is 1. The second-order valence-corrected chi connectivity index (χ2v) is 6.28. The van der Waals surface area contributed by atoms with Gasteiger partial charge in [-0.2, -0.15) is 0 Å². The topological polar surface area (TPSA) is 64.2 Å². The first-order chi connectivity index (χ1) is 12.3. The Labute approximate surface area is 145 Å². The highest BCUT2D eigenvalue weighted by atomic mass is 16.5. The highest BCUT2D eigenvalue weighted by molar-refractivity contribution is 5.79. The van der Waals surface area contributed by atoms with E-state index in [1.807, 2.05) is 42.5 Å². The number of ether oxygens (including phenoxy) is 2. The van der Waals surface area contributed by atoms with E-state index in [2.05, 4.69) is 9.97 Å². The van der Waals surface area contributed by atoms with Gasteiger partial charge in [-0.15, -0.1) is 0 Å². The van der Waals surface area contributed by atoms with Gasteiger partial charge in [-0.3, -0.25) is 4.79 Å². The molecule has 4 rings (SSSR count). The van der Waals surface area contributed by atoms with Crippen molar-refractivity contribution in [3.8, 4) is 11.4 Å². The molecule has 0 aliphatic carbocycles. The third kappa shape index (κ3) is 3.62. The van der Waals surface area contributed by atoms with Crippen LogP contribution in [-0.4, -0.2) is 29.3 Å². The summed E-state index contributed by atoms with van der Waals surface area (Å²) in [6.07, 6.45) is 2.45. The molecular weight excluding hydrogens is 316 g/mol. The molecule has 1 aliphatic rings. The number of aromatic nitrogens is 2. The average Bonchev–Trinajstić information content (AvgIpc) is 3.16. The summed E-state index contributed by atoms with van der Waals surface area (Å²) >= 11 is 0. The fourth-order valence-corrected chi connectivity index (χ4v) is 3.07. The molecule has 1 N–H and O–H groups in total. The molecule has 0 radical (unpaired) electrons. The Bertz CT molecular complexity index is 912. The van der Waals surface area contributed by atoms with Gasteiger partial charge in [0.15, 0.2) is 0 Å². The molecule has 128 valence electrons. The minimum absolute atomic E-state index is 0.121. The second kappa shape index (κ2) is 7.17. The summed E-state index contributed by atoms with van der Waals surface area (Å²) in [6, 6.07) is 15.3. The molecule has 25 heavy (non-hydrogen) atoms. The van der Waals surface area contributed by atoms with Crippen LogP contribution in [0.15, 0.2) is 53.3 Å². The van der Waals surface area contributed by atoms with Crippen molar-refractivity contribution in [1.29, 1.82) is 0 Å². The molecule has 5 heteroatoms. The lowest BCUT2D eigenvalue weighted by atomic mass is 10.1. The van der Waals surface area contributed by atoms with Gasteiger partial charge in [-0.1, -0.05) is 36.4 Å². The summed E-state index contributed by atoms with van der Waals surface area (Å²) in [4.78, 5) is 19.6. The number of fused-ring (bicyclic) bond motifs is 1. The van der Waals surface area contributed by atoms with Crippen molar-refractivity contribution in [3.63, 3.8) is 0 Å². The van der Waals surface area contributed by atoms with Crippen molar-refractivity contribution in [2.24, 2.45) is 0 Å². The van der Waals surface area contributed by atoms with Crippen molar-refractivity contribution < 1.29 is 9.47 Å². The van der Waals surface area contributed by atoms with Crippen LogP contribution in [0, 0.1) is 0 Å². The van der Waals surface area contributed by atoms with Gasteiger partial charge in [-0.25, -0.2) is 4.98 Å². The summed E-state index contributed by atoms with van der Waals surface area (Å²) in [5, 5.41) is 0.602. The van der Waals surface area contributed by atoms with Crippen LogP contribution < -0.4 is 5.56 Å². The standard InChI is InChI=1S/C20H20N2O3/c23-20-17-5-1-2-6-18(17)21-19(22-20)15-9-7-14(8-10-15)12-24-13-16-4-3-11-25-16/h1-2,5-10,16H,3-4,11-13H2,(H,21,22,23). The minimum atomic E-state index is -0.121. The molecule has 0 bridgehead atoms. The van der Waals surface area contributed by atoms with Crippen molar-refractivity contribution >= 4 is 10.9 Å². The zero-order chi connectivity index (χ0) is 17.1. The van der Waals surface area contributed by atoms with E-state index in [-0.39, 0.29) is 11.7 Å². The predicted molar refractivity (Wildman–Crippen MR) is 96.4 cm³/mol. The lowest BCUT2D eigenvalue weighted by molar-refractivity contribution is 0.0106. The average molecular weight is 336 g/mol. The first kappa shape index (κ1) is 16.0. The number of benzene rings is 2. The van der Waals surface area contributed by atoms with Gasteiger partial charge in [0.2, 0.25) is 0 Å². The summed E-state index contributed by atoms with van der Waals surface area (Å²) in [5.41, 5.74) is 2.55. The van der Waals surface area contributed by atoms with Gasteiger partial charge in [-0.05, 0) is 30.5 Å². The second-order valence-electron chi connectivity index (χ2n) is 6.28. The minimum Gasteiger partial charge on any atom is -0.376 e. The molecular formula is C20H20N2O3. The SMILES string of the molecule is O=c1[nH]c(-c2ccc(COCC3CCCO3)cc2)nc2ccccc12. The number of para-hydroxylation sites is 1. The Morgan fingerprint density at radius 3 is 2.80 bits per heavy atom. The maximum Gasteiger partial charge on any atom is 0.259 e. The zero-order valence-electron chi connectivity index (χ0n) is 13.9. The third-order valence-electron chi connectivity index (χ3n) is 4.44. The van der Waals surface area contributed by atoms with E-state index in [9.17, 15) is 4.79 Å². The molecule has 1 fully saturated rings. The smallest absolute Gasteiger partial charge is 0.259 e. The van der Waals surface area contributed by atoms with E-state index in [1.54, 1.807) is 6.07 Å². The number of nitrogens with zero attached hydrogens (tertiary/aromatic N) is 1. The van der Waals surface area contributed by atoms with Crippen molar-refractivity contribution in [2.75, 3.05) is 13.2 Å². The Balaban J connectivity index is 1.47. The highest BCUT2D eigenvalue weighted by Gasteiger charge is 2.15. The number of hydrogen-bond donors (Lipinski definition) is 1. The zero-order valence-corrected chi connectivity index (χ0v) is 13.9. The van der Waals surface area contributed by atoms with Crippen molar-refractivity contribution in [3.05, 3.63) is 64.4 Å². The van der Waals surface area contributed by atoms with E-state index in [1.165, 1.54) is 0 Å². The van der Waals surface area contributed by atoms with Crippen LogP contribution in [0.3, 0.4) is 0 Å². The molecule has 1 unspecified atom stereocenters. The maximum atomic E-state index is 12.2. The first-order valence-corrected chi connectivity index (χ1v) is 8.57. The number of hydrogen-bond acceptors (Lipinski definition) is 4. The predicted octanol–water partition coefficient (Wildman–Crippen LogP) is 3.29. The Kier molecular flexibility index (Phi) is 4.59. The van der Waals surface area contributed by atoms with Crippen LogP contribution in [0.25, 0.3) is 22.3 Å². The van der Waals surface area contributed by atoms with Crippen LogP contribution >= 0.6 is 0 Å². The Morgan fingerprint density at radius 1 is 1.16 bits per heavy atom. The van der Waals surface area contributed by atoms with E-state index in [4.69, 9.17) is 9.47 Å². The fourth-order valence-electron chi connectivity index (χ4n) is 3.07. The van der Waals surface area contributed by atoms with Crippen molar-refractivity contribution in [1.82, 2.24) is 9.97 Å². The molecule has 0 spiro atoms. The van der Waals surface area contributed by atoms with Gasteiger partial charge < -0.3 is 14.5 Å². The van der Waals surface area contributed by atoms with Gasteiger partial charge in [0, 0.05) is 12.2 Å². The summed E-state index contributed by atoms with van der Waals surface area (Å²) in [5.74, 6) is 0.579. The van der Waals surface area contributed by atoms with Crippen LogP contribution in [0.1, 0.15) is 18.4 Å². The number of rotatable bonds is 5. The third-order valence-corrected chi connectivity index (χ3v) is 4.44. The quantitative estimate of drug-likeness (QED) is 0.776. The molecule has 3 aromatic rings. The molecule has 2 aromatic carbocycles. The normalized spacial score (nSPS) is 17.2. The van der Waals surface area contributed by atoms with Crippen LogP contribution in [-0.2, 0) is 16.1 Å². The number of H-pyrrole nitrogens is 1. The molecule has 2 heterocycles. The van der Waals surface area contributed by atoms with Crippen LogP contribution in [0.4, 0.5) is 0 Å². The van der Waals surface area contributed by atoms with E-state index in [0.717, 1.165) is 30.6 Å². The summed E-state index contributed by atoms with van der Waals surface area (Å²) in [6.45, 7) is 2.04. The molecule has 1 aromatic heterocycles. The summed E-state index contributed by atoms with van der Waals surface area (Å²) in [7, 11) is 0. The van der Waals surface area contributed by atoms with E-state index < -0.39 is 0 Å². The van der Waals surface area contributed by atoms with Gasteiger partial charge in [0.05, 0.1) is 30.2 Å². The molecule has 0 amide bonds. The Hall–Kier alpha value is -2.50. The molecule has 0 saturated carbocycles. The largest absolute Gasteiger partial charge is 0.376 e. The molecule has 1 aliphatic heterocycles. The van der Waals surface area contributed by atoms with Gasteiger partial charge in [0.25, 0.3) is 5.56 Å². The van der Waals surface area contributed by atoms with Crippen LogP contribution in [0.2, 0.25) is 0 Å². The van der Waals surface area contributed by atoms with Gasteiger partial charge in [0.1, 0.15) is 5.82 Å². The van der Waals surface area contributed by atoms with Crippen molar-refractivity contribution in [2.45, 2.75) is 25.6 Å². The molecule has 1 atom stereocenters. The number of aromatic amines is 1. The lowest BCUT2D eigenvalue weighted by Crippen LogP contribution is -2.13. The first-order valence-electron chi connectivity index (χ1n) is 8.57. The lowest BCUT2D eigenvalue weighted by Gasteiger charge is -2.10. The molecule has 1 saturated heterocycles. The Morgan fingerprint density at radius 2 is 2.00 bits per heavy atom. The van der Waals surface area contributed by atoms with Gasteiger partial charge >= 0.3 is 0 Å². The summed E-state index contributed by atoms with van der Waals surface area (Å²) < 4.78 is 11.3. The highest BCUT2D eigenvalue weighted by Crippen LogP contribution is 2.18. The van der Waals surface area contributed by atoms with Crippen LogP contribution in [0.5, 0.6) is 0 Å². The van der Waals surface area contributed by atoms with E-state index >= 15 is 0 Å².